The van der Waals surface area contributed by atoms with Gasteiger partial charge in [-0.1, -0.05) is 11.6 Å². The van der Waals surface area contributed by atoms with E-state index in [1.165, 1.54) is 6.20 Å². The van der Waals surface area contributed by atoms with Crippen molar-refractivity contribution in [2.45, 2.75) is 6.92 Å². The van der Waals surface area contributed by atoms with Crippen LogP contribution in [0.25, 0.3) is 10.9 Å². The molecule has 0 bridgehead atoms. The Hall–Kier alpha value is -1.42. The lowest BCUT2D eigenvalue weighted by atomic mass is 10.2. The highest BCUT2D eigenvalue weighted by atomic mass is 35.5. The average Bonchev–Trinajstić information content (AvgIpc) is 2.02. The quantitative estimate of drug-likeness (QED) is 0.645. The molecule has 0 amide bonds. The number of aromatic amines is 1. The predicted octanol–water partition coefficient (Wildman–Crippen LogP) is 1.28. The summed E-state index contributed by atoms with van der Waals surface area (Å²) in [6.45, 7) is 1.81. The van der Waals surface area contributed by atoms with Crippen LogP contribution in [0.3, 0.4) is 0 Å². The maximum absolute atomic E-state index is 11.3. The van der Waals surface area contributed by atoms with E-state index in [0.717, 1.165) is 5.56 Å². The number of H-pyrrole nitrogens is 1. The van der Waals surface area contributed by atoms with Gasteiger partial charge in [0.05, 0.1) is 17.1 Å². The van der Waals surface area contributed by atoms with E-state index >= 15 is 0 Å². The fraction of sp³-hybridized carbons (Fsp3) is 0.125. The Balaban J connectivity index is 3.03. The third-order valence-electron chi connectivity index (χ3n) is 1.79. The molecule has 0 aliphatic heterocycles. The zero-order chi connectivity index (χ0) is 9.42. The lowest BCUT2D eigenvalue weighted by Gasteiger charge is -1.99. The predicted molar refractivity (Wildman–Crippen MR) is 49.9 cm³/mol. The molecule has 2 aromatic rings. The Morgan fingerprint density at radius 1 is 1.54 bits per heavy atom. The van der Waals surface area contributed by atoms with Crippen LogP contribution in [0.1, 0.15) is 5.56 Å². The normalized spacial score (nSPS) is 10.6. The molecule has 5 heteroatoms. The van der Waals surface area contributed by atoms with Crippen LogP contribution >= 0.6 is 11.6 Å². The number of pyridine rings is 1. The molecule has 0 aliphatic rings. The second-order valence-electron chi connectivity index (χ2n) is 2.72. The van der Waals surface area contributed by atoms with Gasteiger partial charge in [0.1, 0.15) is 5.15 Å². The van der Waals surface area contributed by atoms with Crippen molar-refractivity contribution < 1.29 is 0 Å². The maximum Gasteiger partial charge on any atom is 0.273 e. The van der Waals surface area contributed by atoms with E-state index in [1.54, 1.807) is 6.07 Å². The molecule has 0 saturated heterocycles. The minimum absolute atomic E-state index is 0.237. The number of hydrogen-bond donors (Lipinski definition) is 1. The summed E-state index contributed by atoms with van der Waals surface area (Å²) in [6, 6.07) is 1.65. The van der Waals surface area contributed by atoms with Crippen LogP contribution in [0.5, 0.6) is 0 Å². The number of aromatic nitrogens is 3. The summed E-state index contributed by atoms with van der Waals surface area (Å²) in [4.78, 5) is 15.3. The van der Waals surface area contributed by atoms with Crippen molar-refractivity contribution in [3.05, 3.63) is 33.3 Å². The molecule has 66 valence electrons. The van der Waals surface area contributed by atoms with Gasteiger partial charge in [0, 0.05) is 0 Å². The molecule has 0 aliphatic carbocycles. The van der Waals surface area contributed by atoms with Crippen LogP contribution in [0.4, 0.5) is 0 Å². The number of hydrogen-bond acceptors (Lipinski definition) is 3. The molecule has 2 aromatic heterocycles. The maximum atomic E-state index is 11.3. The highest BCUT2D eigenvalue weighted by Crippen LogP contribution is 2.15. The van der Waals surface area contributed by atoms with E-state index in [-0.39, 0.29) is 5.56 Å². The standard InChI is InChI=1S/C8H6ClN3O/c1-4-2-6(9)11-5-3-10-12-8(13)7(4)5/h2-3H,1H3,(H,12,13). The van der Waals surface area contributed by atoms with Crippen LogP contribution in [0, 0.1) is 6.92 Å². The van der Waals surface area contributed by atoms with E-state index in [2.05, 4.69) is 15.2 Å². The van der Waals surface area contributed by atoms with E-state index < -0.39 is 0 Å². The Morgan fingerprint density at radius 3 is 3.08 bits per heavy atom. The van der Waals surface area contributed by atoms with E-state index in [9.17, 15) is 4.79 Å². The molecular formula is C8H6ClN3O. The second-order valence-corrected chi connectivity index (χ2v) is 3.11. The lowest BCUT2D eigenvalue weighted by Crippen LogP contribution is -2.09. The molecule has 0 spiro atoms. The van der Waals surface area contributed by atoms with Gasteiger partial charge in [-0.05, 0) is 18.6 Å². The van der Waals surface area contributed by atoms with Gasteiger partial charge in [-0.25, -0.2) is 10.1 Å². The third-order valence-corrected chi connectivity index (χ3v) is 1.99. The average molecular weight is 196 g/mol. The van der Waals surface area contributed by atoms with Crippen LogP contribution in [0.2, 0.25) is 5.15 Å². The number of halogens is 1. The highest BCUT2D eigenvalue weighted by Gasteiger charge is 2.04. The largest absolute Gasteiger partial charge is 0.273 e. The zero-order valence-electron chi connectivity index (χ0n) is 6.84. The van der Waals surface area contributed by atoms with E-state index in [1.807, 2.05) is 6.92 Å². The summed E-state index contributed by atoms with van der Waals surface area (Å²) in [7, 11) is 0. The number of rotatable bonds is 0. The second kappa shape index (κ2) is 2.81. The first-order valence-electron chi connectivity index (χ1n) is 3.69. The third kappa shape index (κ3) is 1.29. The number of nitrogens with zero attached hydrogens (tertiary/aromatic N) is 2. The molecule has 0 aromatic carbocycles. The van der Waals surface area contributed by atoms with Gasteiger partial charge in [-0.3, -0.25) is 4.79 Å². The topological polar surface area (TPSA) is 58.6 Å². The smallest absolute Gasteiger partial charge is 0.267 e. The van der Waals surface area contributed by atoms with Crippen molar-refractivity contribution in [3.63, 3.8) is 0 Å². The zero-order valence-corrected chi connectivity index (χ0v) is 7.59. The Labute approximate surface area is 78.6 Å². The SMILES string of the molecule is Cc1cc(Cl)nc2cn[nH]c(=O)c12. The minimum Gasteiger partial charge on any atom is -0.267 e. The van der Waals surface area contributed by atoms with Gasteiger partial charge in [-0.2, -0.15) is 5.10 Å². The van der Waals surface area contributed by atoms with E-state index in [4.69, 9.17) is 11.6 Å². The van der Waals surface area contributed by atoms with E-state index in [0.29, 0.717) is 16.1 Å². The minimum atomic E-state index is -0.237. The number of nitrogens with one attached hydrogen (secondary N) is 1. The molecule has 4 nitrogen and oxygen atoms in total. The van der Waals surface area contributed by atoms with Crippen molar-refractivity contribution >= 4 is 22.5 Å². The Bertz CT molecular complexity index is 520. The van der Waals surface area contributed by atoms with Crippen LogP contribution < -0.4 is 5.56 Å². The van der Waals surface area contributed by atoms with Gasteiger partial charge >= 0.3 is 0 Å². The Morgan fingerprint density at radius 2 is 2.31 bits per heavy atom. The summed E-state index contributed by atoms with van der Waals surface area (Å²) in [5.74, 6) is 0. The first-order chi connectivity index (χ1) is 6.18. The van der Waals surface area contributed by atoms with Gasteiger partial charge in [0.25, 0.3) is 5.56 Å². The summed E-state index contributed by atoms with van der Waals surface area (Å²) < 4.78 is 0. The van der Waals surface area contributed by atoms with Crippen molar-refractivity contribution in [3.8, 4) is 0 Å². The van der Waals surface area contributed by atoms with Gasteiger partial charge in [0.2, 0.25) is 0 Å². The van der Waals surface area contributed by atoms with Gasteiger partial charge in [0.15, 0.2) is 0 Å². The summed E-state index contributed by atoms with van der Waals surface area (Å²) in [6.07, 6.45) is 1.48. The monoisotopic (exact) mass is 195 g/mol. The first kappa shape index (κ1) is 8.19. The molecule has 2 rings (SSSR count). The molecule has 13 heavy (non-hydrogen) atoms. The fourth-order valence-corrected chi connectivity index (χ4v) is 1.51. The summed E-state index contributed by atoms with van der Waals surface area (Å²) in [5, 5.41) is 6.90. The van der Waals surface area contributed by atoms with Crippen LogP contribution in [-0.4, -0.2) is 15.2 Å². The van der Waals surface area contributed by atoms with Crippen LogP contribution in [-0.2, 0) is 0 Å². The van der Waals surface area contributed by atoms with Crippen molar-refractivity contribution in [1.29, 1.82) is 0 Å². The molecule has 2 heterocycles. The lowest BCUT2D eigenvalue weighted by molar-refractivity contribution is 1.00. The molecule has 0 saturated carbocycles. The molecule has 0 atom stereocenters. The Kier molecular flexibility index (Phi) is 1.77. The molecule has 0 fully saturated rings. The van der Waals surface area contributed by atoms with Crippen LogP contribution in [0.15, 0.2) is 17.1 Å². The van der Waals surface area contributed by atoms with Crippen molar-refractivity contribution in [2.24, 2.45) is 0 Å². The number of aryl methyl sites for hydroxylation is 1. The van der Waals surface area contributed by atoms with Gasteiger partial charge < -0.3 is 0 Å². The summed E-state index contributed by atoms with van der Waals surface area (Å²) in [5.41, 5.74) is 1.09. The molecule has 0 unspecified atom stereocenters. The molecular weight excluding hydrogens is 190 g/mol. The summed E-state index contributed by atoms with van der Waals surface area (Å²) >= 11 is 5.73. The van der Waals surface area contributed by atoms with Gasteiger partial charge in [-0.15, -0.1) is 0 Å². The number of fused-ring (bicyclic) bond motifs is 1. The van der Waals surface area contributed by atoms with Crippen molar-refractivity contribution in [2.75, 3.05) is 0 Å². The highest BCUT2D eigenvalue weighted by molar-refractivity contribution is 6.29. The first-order valence-corrected chi connectivity index (χ1v) is 4.07. The fourth-order valence-electron chi connectivity index (χ4n) is 1.25. The molecule has 1 N–H and O–H groups in total. The molecule has 0 radical (unpaired) electrons. The van der Waals surface area contributed by atoms with Crippen molar-refractivity contribution in [1.82, 2.24) is 15.2 Å².